The van der Waals surface area contributed by atoms with Crippen LogP contribution >= 0.6 is 0 Å². The molecular formula is C16H20O2. The summed E-state index contributed by atoms with van der Waals surface area (Å²) in [5, 5.41) is 9.46. The van der Waals surface area contributed by atoms with Crippen molar-refractivity contribution in [3.63, 3.8) is 0 Å². The number of hydrogen-bond donors (Lipinski definition) is 1. The fourth-order valence-corrected chi connectivity index (χ4v) is 2.17. The summed E-state index contributed by atoms with van der Waals surface area (Å²) in [5.41, 5.74) is 0.0756. The van der Waals surface area contributed by atoms with Crippen molar-refractivity contribution >= 4 is 5.97 Å². The molecule has 0 aromatic heterocycles. The SMILES string of the molecule is C#CC(CCc1ccccc1)(C(=O)O)C(C)CC. The minimum Gasteiger partial charge on any atom is -0.480 e. The van der Waals surface area contributed by atoms with Gasteiger partial charge in [0.1, 0.15) is 5.41 Å². The average molecular weight is 244 g/mol. The summed E-state index contributed by atoms with van der Waals surface area (Å²) >= 11 is 0. The summed E-state index contributed by atoms with van der Waals surface area (Å²) in [6, 6.07) is 9.86. The van der Waals surface area contributed by atoms with Crippen LogP contribution in [0.5, 0.6) is 0 Å². The van der Waals surface area contributed by atoms with Gasteiger partial charge in [-0.15, -0.1) is 6.42 Å². The number of benzene rings is 1. The van der Waals surface area contributed by atoms with Gasteiger partial charge in [0.2, 0.25) is 0 Å². The normalized spacial score (nSPS) is 15.4. The van der Waals surface area contributed by atoms with Gasteiger partial charge in [-0.25, -0.2) is 0 Å². The Morgan fingerprint density at radius 1 is 1.44 bits per heavy atom. The molecule has 0 radical (unpaired) electrons. The van der Waals surface area contributed by atoms with Crippen molar-refractivity contribution in [1.82, 2.24) is 0 Å². The number of aryl methyl sites for hydroxylation is 1. The summed E-state index contributed by atoms with van der Waals surface area (Å²) in [6.07, 6.45) is 7.47. The highest BCUT2D eigenvalue weighted by Gasteiger charge is 2.40. The largest absolute Gasteiger partial charge is 0.480 e. The van der Waals surface area contributed by atoms with Crippen molar-refractivity contribution in [2.45, 2.75) is 33.1 Å². The number of hydrogen-bond acceptors (Lipinski definition) is 1. The highest BCUT2D eigenvalue weighted by molar-refractivity contribution is 5.78. The van der Waals surface area contributed by atoms with Crippen molar-refractivity contribution in [1.29, 1.82) is 0 Å². The Bertz CT molecular complexity index is 430. The van der Waals surface area contributed by atoms with Crippen LogP contribution in [0, 0.1) is 23.7 Å². The van der Waals surface area contributed by atoms with E-state index in [1.807, 2.05) is 44.2 Å². The van der Waals surface area contributed by atoms with Crippen molar-refractivity contribution in [3.05, 3.63) is 35.9 Å². The first-order valence-corrected chi connectivity index (χ1v) is 6.32. The molecule has 0 saturated carbocycles. The lowest BCUT2D eigenvalue weighted by Gasteiger charge is -2.29. The molecule has 2 unspecified atom stereocenters. The Labute approximate surface area is 109 Å². The maximum Gasteiger partial charge on any atom is 0.322 e. The Morgan fingerprint density at radius 3 is 2.50 bits per heavy atom. The second kappa shape index (κ2) is 6.26. The van der Waals surface area contributed by atoms with E-state index < -0.39 is 11.4 Å². The molecule has 1 rings (SSSR count). The molecule has 0 aliphatic rings. The summed E-state index contributed by atoms with van der Waals surface area (Å²) in [7, 11) is 0. The van der Waals surface area contributed by atoms with E-state index >= 15 is 0 Å². The van der Waals surface area contributed by atoms with Gasteiger partial charge in [0.15, 0.2) is 0 Å². The predicted octanol–water partition coefficient (Wildman–Crippen LogP) is 3.37. The zero-order valence-electron chi connectivity index (χ0n) is 11.0. The minimum atomic E-state index is -1.05. The van der Waals surface area contributed by atoms with E-state index in [-0.39, 0.29) is 5.92 Å². The molecule has 0 fully saturated rings. The lowest BCUT2D eigenvalue weighted by Crippen LogP contribution is -2.36. The van der Waals surface area contributed by atoms with Gasteiger partial charge in [-0.05, 0) is 24.3 Å². The average Bonchev–Trinajstić information content (AvgIpc) is 2.40. The number of terminal acetylenes is 1. The Kier molecular flexibility index (Phi) is 4.97. The Morgan fingerprint density at radius 2 is 2.06 bits per heavy atom. The standard InChI is InChI=1S/C16H20O2/c1-4-13(3)16(5-2,15(17)18)12-11-14-9-7-6-8-10-14/h2,6-10,13H,4,11-12H2,1,3H3,(H,17,18). The molecule has 0 amide bonds. The van der Waals surface area contributed by atoms with Gasteiger partial charge in [0, 0.05) is 0 Å². The highest BCUT2D eigenvalue weighted by atomic mass is 16.4. The van der Waals surface area contributed by atoms with Gasteiger partial charge >= 0.3 is 5.97 Å². The molecule has 18 heavy (non-hydrogen) atoms. The third-order valence-electron chi connectivity index (χ3n) is 3.74. The van der Waals surface area contributed by atoms with Crippen LogP contribution in [0.4, 0.5) is 0 Å². The van der Waals surface area contributed by atoms with Crippen LogP contribution in [0.1, 0.15) is 32.3 Å². The lowest BCUT2D eigenvalue weighted by molar-refractivity contribution is -0.148. The van der Waals surface area contributed by atoms with E-state index in [2.05, 4.69) is 5.92 Å². The summed E-state index contributed by atoms with van der Waals surface area (Å²) < 4.78 is 0. The summed E-state index contributed by atoms with van der Waals surface area (Å²) in [4.78, 5) is 11.5. The molecular weight excluding hydrogens is 224 g/mol. The van der Waals surface area contributed by atoms with E-state index in [0.717, 1.165) is 12.0 Å². The molecule has 2 nitrogen and oxygen atoms in total. The first-order valence-electron chi connectivity index (χ1n) is 6.32. The quantitative estimate of drug-likeness (QED) is 0.779. The predicted molar refractivity (Wildman–Crippen MR) is 73.1 cm³/mol. The molecule has 0 aliphatic heterocycles. The molecule has 96 valence electrons. The second-order valence-electron chi connectivity index (χ2n) is 4.72. The minimum absolute atomic E-state index is 0.0243. The van der Waals surface area contributed by atoms with Crippen molar-refractivity contribution < 1.29 is 9.90 Å². The van der Waals surface area contributed by atoms with Gasteiger partial charge < -0.3 is 5.11 Å². The maximum absolute atomic E-state index is 11.5. The Balaban J connectivity index is 2.87. The van der Waals surface area contributed by atoms with Gasteiger partial charge in [-0.1, -0.05) is 56.5 Å². The van der Waals surface area contributed by atoms with Gasteiger partial charge in [0.25, 0.3) is 0 Å². The van der Waals surface area contributed by atoms with E-state index in [0.29, 0.717) is 12.8 Å². The van der Waals surface area contributed by atoms with Crippen molar-refractivity contribution in [3.8, 4) is 12.3 Å². The van der Waals surface area contributed by atoms with Crippen molar-refractivity contribution in [2.75, 3.05) is 0 Å². The molecule has 0 bridgehead atoms. The zero-order chi connectivity index (χ0) is 13.6. The van der Waals surface area contributed by atoms with Crippen LogP contribution in [0.25, 0.3) is 0 Å². The van der Waals surface area contributed by atoms with Crippen LogP contribution in [0.15, 0.2) is 30.3 Å². The van der Waals surface area contributed by atoms with Gasteiger partial charge in [-0.2, -0.15) is 0 Å². The van der Waals surface area contributed by atoms with Gasteiger partial charge in [-0.3, -0.25) is 4.79 Å². The van der Waals surface area contributed by atoms with Crippen LogP contribution in [-0.4, -0.2) is 11.1 Å². The number of carbonyl (C=O) groups is 1. The fraction of sp³-hybridized carbons (Fsp3) is 0.438. The van der Waals surface area contributed by atoms with E-state index in [9.17, 15) is 9.90 Å². The Hall–Kier alpha value is -1.75. The number of carboxylic acids is 1. The molecule has 2 atom stereocenters. The first-order chi connectivity index (χ1) is 8.56. The number of rotatable bonds is 6. The molecule has 0 saturated heterocycles. The molecule has 0 heterocycles. The summed E-state index contributed by atoms with van der Waals surface area (Å²) in [6.45, 7) is 3.89. The van der Waals surface area contributed by atoms with Gasteiger partial charge in [0.05, 0.1) is 0 Å². The topological polar surface area (TPSA) is 37.3 Å². The molecule has 1 aromatic rings. The van der Waals surface area contributed by atoms with E-state index in [1.54, 1.807) is 0 Å². The van der Waals surface area contributed by atoms with Crippen LogP contribution in [0.3, 0.4) is 0 Å². The number of carboxylic acid groups (broad SMARTS) is 1. The third-order valence-corrected chi connectivity index (χ3v) is 3.74. The van der Waals surface area contributed by atoms with Crippen LogP contribution in [-0.2, 0) is 11.2 Å². The van der Waals surface area contributed by atoms with E-state index in [4.69, 9.17) is 6.42 Å². The van der Waals surface area contributed by atoms with Crippen LogP contribution < -0.4 is 0 Å². The zero-order valence-corrected chi connectivity index (χ0v) is 11.0. The third kappa shape index (κ3) is 2.92. The van der Waals surface area contributed by atoms with Crippen molar-refractivity contribution in [2.24, 2.45) is 11.3 Å². The molecule has 1 aromatic carbocycles. The monoisotopic (exact) mass is 244 g/mol. The fourth-order valence-electron chi connectivity index (χ4n) is 2.17. The summed E-state index contributed by atoms with van der Waals surface area (Å²) in [5.74, 6) is 1.63. The second-order valence-corrected chi connectivity index (χ2v) is 4.72. The molecule has 2 heteroatoms. The van der Waals surface area contributed by atoms with Crippen LogP contribution in [0.2, 0.25) is 0 Å². The smallest absolute Gasteiger partial charge is 0.322 e. The first kappa shape index (κ1) is 14.3. The lowest BCUT2D eigenvalue weighted by atomic mass is 9.72. The molecule has 0 spiro atoms. The highest BCUT2D eigenvalue weighted by Crippen LogP contribution is 2.34. The molecule has 1 N–H and O–H groups in total. The maximum atomic E-state index is 11.5. The molecule has 0 aliphatic carbocycles. The van der Waals surface area contributed by atoms with E-state index in [1.165, 1.54) is 0 Å². The number of aliphatic carboxylic acids is 1.